The molecule has 4 heteroatoms. The summed E-state index contributed by atoms with van der Waals surface area (Å²) in [4.78, 5) is 13.6. The summed E-state index contributed by atoms with van der Waals surface area (Å²) in [5.74, 6) is 0.123. The molecule has 1 amide bonds. The van der Waals surface area contributed by atoms with Crippen LogP contribution in [0.1, 0.15) is 41.0 Å². The summed E-state index contributed by atoms with van der Waals surface area (Å²) in [5, 5.41) is 9.93. The topological polar surface area (TPSA) is 49.8 Å². The molecule has 4 nitrogen and oxygen atoms in total. The van der Waals surface area contributed by atoms with Crippen LogP contribution in [-0.2, 0) is 4.74 Å². The van der Waals surface area contributed by atoms with Crippen LogP contribution in [0.2, 0.25) is 0 Å². The lowest BCUT2D eigenvalue weighted by Crippen LogP contribution is -2.42. The van der Waals surface area contributed by atoms with Crippen LogP contribution in [0.5, 0.6) is 0 Å². The third kappa shape index (κ3) is 2.88. The number of hydrogen-bond donors (Lipinski definition) is 1. The number of hydrogen-bond acceptors (Lipinski definition) is 3. The van der Waals surface area contributed by atoms with Gasteiger partial charge in [0.05, 0.1) is 12.1 Å². The van der Waals surface area contributed by atoms with Crippen molar-refractivity contribution in [1.82, 2.24) is 4.90 Å². The minimum Gasteiger partial charge on any atom is -0.444 e. The summed E-state index contributed by atoms with van der Waals surface area (Å²) in [6, 6.07) is -0.107. The van der Waals surface area contributed by atoms with Crippen molar-refractivity contribution < 1.29 is 14.6 Å². The minimum absolute atomic E-state index is 0.107. The Labute approximate surface area is 97.6 Å². The molecule has 1 N–H and O–H groups in total. The van der Waals surface area contributed by atoms with Crippen LogP contribution in [0.15, 0.2) is 0 Å². The van der Waals surface area contributed by atoms with Gasteiger partial charge in [0.25, 0.3) is 0 Å². The second-order valence-electron chi connectivity index (χ2n) is 5.58. The fourth-order valence-electron chi connectivity index (χ4n) is 2.11. The summed E-state index contributed by atoms with van der Waals surface area (Å²) in [6.45, 7) is 10.1. The first-order chi connectivity index (χ1) is 7.26. The van der Waals surface area contributed by atoms with Crippen molar-refractivity contribution in [3.05, 3.63) is 0 Å². The molecule has 0 aliphatic carbocycles. The van der Waals surface area contributed by atoms with E-state index in [-0.39, 0.29) is 18.1 Å². The Morgan fingerprint density at radius 2 is 2.06 bits per heavy atom. The SMILES string of the molecule is CC[C@@H]1[C@@H](O)[C@@H](C)CN1C(=O)OC(C)(C)C. The lowest BCUT2D eigenvalue weighted by Gasteiger charge is -2.28. The number of nitrogens with zero attached hydrogens (tertiary/aromatic N) is 1. The first kappa shape index (κ1) is 13.3. The lowest BCUT2D eigenvalue weighted by atomic mass is 10.0. The summed E-state index contributed by atoms with van der Waals surface area (Å²) in [6.07, 6.45) is 0.00496. The van der Waals surface area contributed by atoms with Crippen LogP contribution in [0.4, 0.5) is 4.79 Å². The van der Waals surface area contributed by atoms with E-state index in [4.69, 9.17) is 4.74 Å². The zero-order chi connectivity index (χ0) is 12.5. The Morgan fingerprint density at radius 3 is 2.50 bits per heavy atom. The molecule has 0 aromatic heterocycles. The number of rotatable bonds is 1. The van der Waals surface area contributed by atoms with Crippen molar-refractivity contribution in [3.8, 4) is 0 Å². The first-order valence-electron chi connectivity index (χ1n) is 5.94. The van der Waals surface area contributed by atoms with Gasteiger partial charge in [-0.1, -0.05) is 13.8 Å². The number of amides is 1. The molecule has 0 radical (unpaired) electrons. The quantitative estimate of drug-likeness (QED) is 0.748. The Morgan fingerprint density at radius 1 is 1.50 bits per heavy atom. The molecule has 0 aromatic rings. The van der Waals surface area contributed by atoms with Crippen molar-refractivity contribution in [3.63, 3.8) is 0 Å². The van der Waals surface area contributed by atoms with Crippen LogP contribution in [0.25, 0.3) is 0 Å². The fourth-order valence-corrected chi connectivity index (χ4v) is 2.11. The molecule has 0 saturated carbocycles. The van der Waals surface area contributed by atoms with E-state index in [1.54, 1.807) is 4.90 Å². The van der Waals surface area contributed by atoms with Gasteiger partial charge in [-0.2, -0.15) is 0 Å². The standard InChI is InChI=1S/C12H23NO3/c1-6-9-10(14)8(2)7-13(9)11(15)16-12(3,4)5/h8-10,14H,6-7H2,1-5H3/t8-,9+,10-/m0/s1. The van der Waals surface area contributed by atoms with Crippen molar-refractivity contribution in [2.75, 3.05) is 6.54 Å². The number of aliphatic hydroxyl groups is 1. The van der Waals surface area contributed by atoms with E-state index >= 15 is 0 Å². The minimum atomic E-state index is -0.480. The maximum atomic E-state index is 11.9. The third-order valence-electron chi connectivity index (χ3n) is 2.91. The van der Waals surface area contributed by atoms with Gasteiger partial charge in [-0.15, -0.1) is 0 Å². The number of ether oxygens (including phenoxy) is 1. The second-order valence-corrected chi connectivity index (χ2v) is 5.58. The Bertz CT molecular complexity index is 259. The van der Waals surface area contributed by atoms with E-state index in [0.717, 1.165) is 6.42 Å². The monoisotopic (exact) mass is 229 g/mol. The Hall–Kier alpha value is -0.770. The van der Waals surface area contributed by atoms with Gasteiger partial charge >= 0.3 is 6.09 Å². The van der Waals surface area contributed by atoms with Gasteiger partial charge in [-0.25, -0.2) is 4.79 Å². The highest BCUT2D eigenvalue weighted by Gasteiger charge is 2.41. The molecule has 16 heavy (non-hydrogen) atoms. The van der Waals surface area contributed by atoms with Crippen molar-refractivity contribution in [1.29, 1.82) is 0 Å². The van der Waals surface area contributed by atoms with E-state index in [1.165, 1.54) is 0 Å². The number of likely N-dealkylation sites (tertiary alicyclic amines) is 1. The molecule has 0 spiro atoms. The first-order valence-corrected chi connectivity index (χ1v) is 5.94. The average molecular weight is 229 g/mol. The zero-order valence-electron chi connectivity index (χ0n) is 10.9. The van der Waals surface area contributed by atoms with Crippen LogP contribution < -0.4 is 0 Å². The summed E-state index contributed by atoms with van der Waals surface area (Å²) in [5.41, 5.74) is -0.480. The molecule has 1 saturated heterocycles. The molecule has 1 aliphatic rings. The van der Waals surface area contributed by atoms with Crippen LogP contribution in [0.3, 0.4) is 0 Å². The maximum Gasteiger partial charge on any atom is 0.410 e. The predicted octanol–water partition coefficient (Wildman–Crippen LogP) is 2.01. The van der Waals surface area contributed by atoms with Gasteiger partial charge in [0.15, 0.2) is 0 Å². The Kier molecular flexibility index (Phi) is 3.84. The largest absolute Gasteiger partial charge is 0.444 e. The van der Waals surface area contributed by atoms with E-state index < -0.39 is 11.7 Å². The summed E-state index contributed by atoms with van der Waals surface area (Å²) in [7, 11) is 0. The van der Waals surface area contributed by atoms with Gasteiger partial charge in [0.2, 0.25) is 0 Å². The van der Waals surface area contributed by atoms with Crippen molar-refractivity contribution >= 4 is 6.09 Å². The molecule has 1 aliphatic heterocycles. The molecule has 0 aromatic carbocycles. The van der Waals surface area contributed by atoms with Gasteiger partial charge in [-0.05, 0) is 27.2 Å². The fraction of sp³-hybridized carbons (Fsp3) is 0.917. The normalized spacial score (nSPS) is 30.6. The molecule has 3 atom stereocenters. The number of aliphatic hydroxyl groups excluding tert-OH is 1. The zero-order valence-corrected chi connectivity index (χ0v) is 10.9. The highest BCUT2D eigenvalue weighted by molar-refractivity contribution is 5.69. The van der Waals surface area contributed by atoms with Gasteiger partial charge < -0.3 is 14.7 Å². The second kappa shape index (κ2) is 4.62. The van der Waals surface area contributed by atoms with Crippen LogP contribution >= 0.6 is 0 Å². The Balaban J connectivity index is 2.69. The summed E-state index contributed by atoms with van der Waals surface area (Å²) >= 11 is 0. The average Bonchev–Trinajstić information content (AvgIpc) is 2.40. The van der Waals surface area contributed by atoms with Crippen molar-refractivity contribution in [2.45, 2.75) is 58.8 Å². The number of carbonyl (C=O) groups is 1. The molecule has 1 fully saturated rings. The van der Waals surface area contributed by atoms with E-state index in [2.05, 4.69) is 0 Å². The molecular formula is C12H23NO3. The highest BCUT2D eigenvalue weighted by atomic mass is 16.6. The van der Waals surface area contributed by atoms with Gasteiger partial charge in [-0.3, -0.25) is 0 Å². The van der Waals surface area contributed by atoms with E-state index in [0.29, 0.717) is 6.54 Å². The molecule has 94 valence electrons. The van der Waals surface area contributed by atoms with Gasteiger partial charge in [0.1, 0.15) is 5.60 Å². The summed E-state index contributed by atoms with van der Waals surface area (Å²) < 4.78 is 5.33. The number of carbonyl (C=O) groups excluding carboxylic acids is 1. The smallest absolute Gasteiger partial charge is 0.410 e. The lowest BCUT2D eigenvalue weighted by molar-refractivity contribution is 0.0148. The van der Waals surface area contributed by atoms with Crippen LogP contribution in [-0.4, -0.2) is 40.4 Å². The molecule has 0 unspecified atom stereocenters. The van der Waals surface area contributed by atoms with Crippen molar-refractivity contribution in [2.24, 2.45) is 5.92 Å². The molecular weight excluding hydrogens is 206 g/mol. The van der Waals surface area contributed by atoms with Crippen LogP contribution in [0, 0.1) is 5.92 Å². The third-order valence-corrected chi connectivity index (χ3v) is 2.91. The maximum absolute atomic E-state index is 11.9. The van der Waals surface area contributed by atoms with E-state index in [9.17, 15) is 9.90 Å². The molecule has 1 heterocycles. The predicted molar refractivity (Wildman–Crippen MR) is 62.2 cm³/mol. The van der Waals surface area contributed by atoms with E-state index in [1.807, 2.05) is 34.6 Å². The molecule has 1 rings (SSSR count). The highest BCUT2D eigenvalue weighted by Crippen LogP contribution is 2.27. The van der Waals surface area contributed by atoms with Gasteiger partial charge in [0, 0.05) is 12.5 Å². The molecule has 0 bridgehead atoms.